The summed E-state index contributed by atoms with van der Waals surface area (Å²) in [4.78, 5) is 24.8. The van der Waals surface area contributed by atoms with Crippen molar-refractivity contribution in [3.63, 3.8) is 0 Å². The van der Waals surface area contributed by atoms with Gasteiger partial charge in [-0.1, -0.05) is 6.92 Å². The van der Waals surface area contributed by atoms with Crippen LogP contribution < -0.4 is 10.2 Å². The molecule has 0 saturated carbocycles. The highest BCUT2D eigenvalue weighted by molar-refractivity contribution is 7.07. The first kappa shape index (κ1) is 15.1. The first-order chi connectivity index (χ1) is 10.1. The first-order valence-electron chi connectivity index (χ1n) is 6.45. The molecule has 112 valence electrons. The fraction of sp³-hybridized carbons (Fsp3) is 0.417. The van der Waals surface area contributed by atoms with Crippen molar-refractivity contribution in [1.82, 2.24) is 15.0 Å². The molecule has 0 atom stereocenters. The average Bonchev–Trinajstić information content (AvgIpc) is 2.97. The normalized spacial score (nSPS) is 10.4. The molecule has 0 aliphatic rings. The van der Waals surface area contributed by atoms with E-state index in [-0.39, 0.29) is 17.3 Å². The molecule has 0 saturated heterocycles. The van der Waals surface area contributed by atoms with Crippen molar-refractivity contribution in [3.8, 4) is 0 Å². The van der Waals surface area contributed by atoms with Crippen LogP contribution in [0.1, 0.15) is 19.0 Å². The number of nitro groups is 1. The second-order valence-corrected chi connectivity index (χ2v) is 5.13. The van der Waals surface area contributed by atoms with Gasteiger partial charge >= 0.3 is 5.69 Å². The third-order valence-electron chi connectivity index (χ3n) is 2.77. The van der Waals surface area contributed by atoms with Crippen molar-refractivity contribution >= 4 is 28.7 Å². The van der Waals surface area contributed by atoms with Crippen LogP contribution in [0.5, 0.6) is 0 Å². The minimum atomic E-state index is -0.453. The molecule has 8 nitrogen and oxygen atoms in total. The lowest BCUT2D eigenvalue weighted by molar-refractivity contribution is -0.383. The standard InChI is InChI=1S/C12H16N6O2S/c1-3-4-13-11-10(18(19)20)12(15-7-14-11)17(2)5-9-6-21-8-16-9/h6-8H,3-5H2,1-2H3,(H,13,14,15). The van der Waals surface area contributed by atoms with Crippen molar-refractivity contribution in [1.29, 1.82) is 0 Å². The van der Waals surface area contributed by atoms with Crippen LogP contribution in [0, 0.1) is 10.1 Å². The van der Waals surface area contributed by atoms with Gasteiger partial charge in [0.1, 0.15) is 6.33 Å². The zero-order valence-electron chi connectivity index (χ0n) is 11.8. The maximum absolute atomic E-state index is 11.4. The van der Waals surface area contributed by atoms with Crippen molar-refractivity contribution in [2.45, 2.75) is 19.9 Å². The van der Waals surface area contributed by atoms with E-state index in [2.05, 4.69) is 20.3 Å². The molecule has 2 heterocycles. The summed E-state index contributed by atoms with van der Waals surface area (Å²) in [6.45, 7) is 3.05. The second-order valence-electron chi connectivity index (χ2n) is 4.41. The predicted octanol–water partition coefficient (Wildman–Crippen LogP) is 2.30. The largest absolute Gasteiger partial charge is 0.364 e. The van der Waals surface area contributed by atoms with Crippen molar-refractivity contribution < 1.29 is 4.92 Å². The number of rotatable bonds is 7. The lowest BCUT2D eigenvalue weighted by atomic mass is 10.3. The Hall–Kier alpha value is -2.29. The molecule has 0 radical (unpaired) electrons. The molecule has 2 rings (SSSR count). The Kier molecular flexibility index (Phi) is 4.99. The van der Waals surface area contributed by atoms with E-state index < -0.39 is 4.92 Å². The quantitative estimate of drug-likeness (QED) is 0.619. The van der Waals surface area contributed by atoms with Crippen LogP contribution in [-0.4, -0.2) is 33.5 Å². The van der Waals surface area contributed by atoms with Crippen molar-refractivity contribution in [3.05, 3.63) is 33.0 Å². The Morgan fingerprint density at radius 3 is 2.86 bits per heavy atom. The van der Waals surface area contributed by atoms with Gasteiger partial charge in [0.15, 0.2) is 0 Å². The Balaban J connectivity index is 2.30. The molecule has 0 aliphatic carbocycles. The summed E-state index contributed by atoms with van der Waals surface area (Å²) in [5.41, 5.74) is 2.47. The van der Waals surface area contributed by atoms with Gasteiger partial charge in [-0.15, -0.1) is 11.3 Å². The number of aromatic nitrogens is 3. The zero-order valence-corrected chi connectivity index (χ0v) is 12.6. The Morgan fingerprint density at radius 1 is 1.43 bits per heavy atom. The number of hydrogen-bond donors (Lipinski definition) is 1. The van der Waals surface area contributed by atoms with E-state index in [9.17, 15) is 10.1 Å². The fourth-order valence-corrected chi connectivity index (χ4v) is 2.37. The van der Waals surface area contributed by atoms with Gasteiger partial charge in [0.05, 0.1) is 22.7 Å². The minimum absolute atomic E-state index is 0.108. The van der Waals surface area contributed by atoms with Gasteiger partial charge in [0.2, 0.25) is 11.6 Å². The number of thiazole rings is 1. The van der Waals surface area contributed by atoms with Gasteiger partial charge in [-0.2, -0.15) is 0 Å². The van der Waals surface area contributed by atoms with E-state index in [1.807, 2.05) is 12.3 Å². The summed E-state index contributed by atoms with van der Waals surface area (Å²) in [5.74, 6) is 0.526. The van der Waals surface area contributed by atoms with E-state index >= 15 is 0 Å². The van der Waals surface area contributed by atoms with Crippen LogP contribution in [0.15, 0.2) is 17.2 Å². The van der Waals surface area contributed by atoms with Crippen LogP contribution >= 0.6 is 11.3 Å². The fourth-order valence-electron chi connectivity index (χ4n) is 1.82. The monoisotopic (exact) mass is 308 g/mol. The molecular formula is C12H16N6O2S. The zero-order chi connectivity index (χ0) is 15.2. The lowest BCUT2D eigenvalue weighted by Crippen LogP contribution is -2.20. The van der Waals surface area contributed by atoms with Gasteiger partial charge in [0, 0.05) is 19.0 Å². The maximum atomic E-state index is 11.4. The smallest absolute Gasteiger partial charge is 0.353 e. The summed E-state index contributed by atoms with van der Waals surface area (Å²) < 4.78 is 0. The van der Waals surface area contributed by atoms with Gasteiger partial charge in [0.25, 0.3) is 0 Å². The molecule has 0 unspecified atom stereocenters. The van der Waals surface area contributed by atoms with E-state index in [1.54, 1.807) is 17.5 Å². The van der Waals surface area contributed by atoms with E-state index in [0.717, 1.165) is 12.1 Å². The Labute approximate surface area is 126 Å². The molecular weight excluding hydrogens is 292 g/mol. The van der Waals surface area contributed by atoms with Crippen molar-refractivity contribution in [2.24, 2.45) is 0 Å². The van der Waals surface area contributed by atoms with Crippen LogP contribution in [0.25, 0.3) is 0 Å². The lowest BCUT2D eigenvalue weighted by Gasteiger charge is -2.17. The molecule has 1 N–H and O–H groups in total. The highest BCUT2D eigenvalue weighted by Crippen LogP contribution is 2.31. The van der Waals surface area contributed by atoms with Crippen molar-refractivity contribution in [2.75, 3.05) is 23.8 Å². The maximum Gasteiger partial charge on any atom is 0.353 e. The number of nitrogens with one attached hydrogen (secondary N) is 1. The number of hydrogen-bond acceptors (Lipinski definition) is 8. The van der Waals surface area contributed by atoms with Crippen LogP contribution in [0.4, 0.5) is 17.3 Å². The molecule has 0 amide bonds. The van der Waals surface area contributed by atoms with Gasteiger partial charge in [-0.3, -0.25) is 10.1 Å². The van der Waals surface area contributed by atoms with Crippen LogP contribution in [0.3, 0.4) is 0 Å². The summed E-state index contributed by atoms with van der Waals surface area (Å²) >= 11 is 1.48. The molecule has 2 aromatic heterocycles. The number of anilines is 2. The van der Waals surface area contributed by atoms with E-state index in [4.69, 9.17) is 0 Å². The summed E-state index contributed by atoms with van der Waals surface area (Å²) in [6.07, 6.45) is 2.18. The summed E-state index contributed by atoms with van der Waals surface area (Å²) in [5, 5.41) is 16.2. The third-order valence-corrected chi connectivity index (χ3v) is 3.41. The van der Waals surface area contributed by atoms with Gasteiger partial charge in [-0.05, 0) is 6.42 Å². The molecule has 9 heteroatoms. The topological polar surface area (TPSA) is 97.1 Å². The van der Waals surface area contributed by atoms with Crippen LogP contribution in [0.2, 0.25) is 0 Å². The minimum Gasteiger partial charge on any atom is -0.364 e. The summed E-state index contributed by atoms with van der Waals surface area (Å²) in [6, 6.07) is 0. The molecule has 21 heavy (non-hydrogen) atoms. The molecule has 0 spiro atoms. The number of nitrogens with zero attached hydrogens (tertiary/aromatic N) is 5. The molecule has 0 aromatic carbocycles. The molecule has 2 aromatic rings. The third kappa shape index (κ3) is 3.63. The highest BCUT2D eigenvalue weighted by atomic mass is 32.1. The first-order valence-corrected chi connectivity index (χ1v) is 7.39. The Bertz CT molecular complexity index is 604. The predicted molar refractivity (Wildman–Crippen MR) is 81.7 cm³/mol. The molecule has 0 bridgehead atoms. The summed E-state index contributed by atoms with van der Waals surface area (Å²) in [7, 11) is 1.75. The SMILES string of the molecule is CCCNc1ncnc(N(C)Cc2cscn2)c1[N+](=O)[O-]. The Morgan fingerprint density at radius 2 is 2.24 bits per heavy atom. The second kappa shape index (κ2) is 6.93. The van der Waals surface area contributed by atoms with Crippen LogP contribution in [-0.2, 0) is 6.54 Å². The molecule has 0 aliphatic heterocycles. The highest BCUT2D eigenvalue weighted by Gasteiger charge is 2.25. The van der Waals surface area contributed by atoms with Gasteiger partial charge in [-0.25, -0.2) is 15.0 Å². The average molecular weight is 308 g/mol. The van der Waals surface area contributed by atoms with E-state index in [1.165, 1.54) is 17.7 Å². The molecule has 0 fully saturated rings. The van der Waals surface area contributed by atoms with E-state index in [0.29, 0.717) is 13.1 Å². The van der Waals surface area contributed by atoms with Gasteiger partial charge < -0.3 is 10.2 Å².